The predicted molar refractivity (Wildman–Crippen MR) is 71.2 cm³/mol. The summed E-state index contributed by atoms with van der Waals surface area (Å²) in [6.45, 7) is 0.888. The highest BCUT2D eigenvalue weighted by molar-refractivity contribution is 9.18. The highest BCUT2D eigenvalue weighted by atomic mass is 79.9. The zero-order valence-electron chi connectivity index (χ0n) is 9.62. The molecule has 1 saturated heterocycles. The first-order valence-corrected chi connectivity index (χ1v) is 6.51. The van der Waals surface area contributed by atoms with Crippen LogP contribution in [0.15, 0.2) is 30.3 Å². The van der Waals surface area contributed by atoms with E-state index in [1.165, 1.54) is 6.42 Å². The molecule has 1 amide bonds. The molecule has 0 spiro atoms. The minimum absolute atomic E-state index is 0.0666. The highest BCUT2D eigenvalue weighted by Crippen LogP contribution is 2.03. The van der Waals surface area contributed by atoms with E-state index in [1.54, 1.807) is 12.1 Å². The lowest BCUT2D eigenvalue weighted by Gasteiger charge is -1.93. The maximum atomic E-state index is 10.6. The average molecular weight is 298 g/mol. The van der Waals surface area contributed by atoms with Crippen LogP contribution >= 0.6 is 15.9 Å². The summed E-state index contributed by atoms with van der Waals surface area (Å²) in [5.41, 5.74) is 0.692. The molecule has 1 aliphatic rings. The minimum Gasteiger partial charge on any atom is -0.356 e. The van der Waals surface area contributed by atoms with Crippen molar-refractivity contribution in [1.29, 1.82) is 0 Å². The molecule has 1 N–H and O–H groups in total. The lowest BCUT2D eigenvalue weighted by Crippen LogP contribution is -2.21. The Morgan fingerprint density at radius 3 is 2.41 bits per heavy atom. The molecular formula is C13H16BrNO2. The average Bonchev–Trinajstić information content (AvgIpc) is 2.59. The highest BCUT2D eigenvalue weighted by Gasteiger charge is 2.03. The third-order valence-electron chi connectivity index (χ3n) is 2.40. The van der Waals surface area contributed by atoms with E-state index in [0.29, 0.717) is 5.56 Å². The number of carbonyl (C=O) groups excluding carboxylic acids is 2. The third kappa shape index (κ3) is 6.22. The number of benzene rings is 1. The van der Waals surface area contributed by atoms with Gasteiger partial charge in [0, 0.05) is 18.5 Å². The molecule has 0 atom stereocenters. The standard InChI is InChI=1S/C7H5BrO.C6H11NO/c8-7(9)6-4-2-1-3-5-6;8-6-4-2-1-3-5-7-6/h1-5H;1-5H2,(H,7,8). The molecule has 2 rings (SSSR count). The van der Waals surface area contributed by atoms with Gasteiger partial charge in [0.1, 0.15) is 0 Å². The molecule has 17 heavy (non-hydrogen) atoms. The number of amides is 1. The molecule has 0 bridgehead atoms. The van der Waals surface area contributed by atoms with Crippen LogP contribution in [0.3, 0.4) is 0 Å². The first-order valence-electron chi connectivity index (χ1n) is 5.72. The van der Waals surface area contributed by atoms with Gasteiger partial charge in [-0.3, -0.25) is 9.59 Å². The molecule has 0 aromatic heterocycles. The van der Waals surface area contributed by atoms with Crippen LogP contribution in [0.2, 0.25) is 0 Å². The molecule has 1 fully saturated rings. The monoisotopic (exact) mass is 297 g/mol. The lowest BCUT2D eigenvalue weighted by molar-refractivity contribution is -0.120. The van der Waals surface area contributed by atoms with Gasteiger partial charge in [-0.25, -0.2) is 0 Å². The minimum atomic E-state index is -0.0666. The van der Waals surface area contributed by atoms with E-state index in [9.17, 15) is 9.59 Å². The van der Waals surface area contributed by atoms with Crippen molar-refractivity contribution in [2.75, 3.05) is 6.54 Å². The summed E-state index contributed by atoms with van der Waals surface area (Å²) in [6.07, 6.45) is 4.18. The van der Waals surface area contributed by atoms with Crippen LogP contribution in [-0.2, 0) is 4.79 Å². The zero-order valence-corrected chi connectivity index (χ0v) is 11.2. The van der Waals surface area contributed by atoms with E-state index >= 15 is 0 Å². The summed E-state index contributed by atoms with van der Waals surface area (Å²) in [5, 5.41) is 2.81. The van der Waals surface area contributed by atoms with Crippen molar-refractivity contribution in [3.8, 4) is 0 Å². The fraction of sp³-hybridized carbons (Fsp3) is 0.385. The summed E-state index contributed by atoms with van der Waals surface area (Å²) in [6, 6.07) is 9.05. The first kappa shape index (κ1) is 13.9. The summed E-state index contributed by atoms with van der Waals surface area (Å²) in [7, 11) is 0. The van der Waals surface area contributed by atoms with Crippen LogP contribution in [0, 0.1) is 0 Å². The molecule has 0 unspecified atom stereocenters. The van der Waals surface area contributed by atoms with Crippen molar-refractivity contribution in [3.63, 3.8) is 0 Å². The molecular weight excluding hydrogens is 282 g/mol. The van der Waals surface area contributed by atoms with Crippen molar-refractivity contribution < 1.29 is 9.59 Å². The molecule has 0 radical (unpaired) electrons. The Morgan fingerprint density at radius 2 is 1.82 bits per heavy atom. The van der Waals surface area contributed by atoms with Crippen molar-refractivity contribution in [2.45, 2.75) is 25.7 Å². The van der Waals surface area contributed by atoms with Crippen molar-refractivity contribution in [1.82, 2.24) is 5.32 Å². The Morgan fingerprint density at radius 1 is 1.12 bits per heavy atom. The molecule has 3 nitrogen and oxygen atoms in total. The molecule has 1 heterocycles. The number of hydrogen-bond donors (Lipinski definition) is 1. The SMILES string of the molecule is O=C(Br)c1ccccc1.O=C1CCCCCN1. The van der Waals surface area contributed by atoms with Crippen LogP contribution in [-0.4, -0.2) is 17.1 Å². The largest absolute Gasteiger partial charge is 0.356 e. The quantitative estimate of drug-likeness (QED) is 0.810. The fourth-order valence-corrected chi connectivity index (χ4v) is 1.74. The van der Waals surface area contributed by atoms with Crippen LogP contribution in [0.4, 0.5) is 0 Å². The van der Waals surface area contributed by atoms with Gasteiger partial charge in [0.25, 0.3) is 0 Å². The maximum absolute atomic E-state index is 10.6. The van der Waals surface area contributed by atoms with E-state index < -0.39 is 0 Å². The number of rotatable bonds is 1. The van der Waals surface area contributed by atoms with Gasteiger partial charge in [0.15, 0.2) is 0 Å². The van der Waals surface area contributed by atoms with Crippen LogP contribution in [0.1, 0.15) is 36.0 Å². The Kier molecular flexibility index (Phi) is 6.55. The molecule has 1 aromatic carbocycles. The second-order valence-corrected chi connectivity index (χ2v) is 4.52. The Hall–Kier alpha value is -1.16. The van der Waals surface area contributed by atoms with Crippen molar-refractivity contribution in [3.05, 3.63) is 35.9 Å². The van der Waals surface area contributed by atoms with E-state index in [4.69, 9.17) is 0 Å². The van der Waals surface area contributed by atoms with Gasteiger partial charge < -0.3 is 5.32 Å². The van der Waals surface area contributed by atoms with Gasteiger partial charge in [-0.2, -0.15) is 0 Å². The Labute approximate surface area is 110 Å². The maximum Gasteiger partial charge on any atom is 0.228 e. The lowest BCUT2D eigenvalue weighted by atomic mass is 10.2. The number of hydrogen-bond acceptors (Lipinski definition) is 2. The normalized spacial score (nSPS) is 15.0. The van der Waals surface area contributed by atoms with Crippen molar-refractivity contribution in [2.24, 2.45) is 0 Å². The van der Waals surface area contributed by atoms with Gasteiger partial charge in [0.2, 0.25) is 10.6 Å². The van der Waals surface area contributed by atoms with E-state index in [2.05, 4.69) is 21.2 Å². The molecule has 1 aliphatic heterocycles. The second-order valence-electron chi connectivity index (χ2n) is 3.80. The number of nitrogens with one attached hydrogen (secondary N) is 1. The van der Waals surface area contributed by atoms with Gasteiger partial charge in [-0.1, -0.05) is 36.8 Å². The zero-order chi connectivity index (χ0) is 12.5. The van der Waals surface area contributed by atoms with Crippen LogP contribution in [0.5, 0.6) is 0 Å². The Bertz CT molecular complexity index is 355. The van der Waals surface area contributed by atoms with E-state index in [0.717, 1.165) is 25.8 Å². The van der Waals surface area contributed by atoms with Gasteiger partial charge in [0.05, 0.1) is 0 Å². The summed E-state index contributed by atoms with van der Waals surface area (Å²) < 4.78 is -0.0666. The fourth-order valence-electron chi connectivity index (χ4n) is 1.47. The molecule has 92 valence electrons. The third-order valence-corrected chi connectivity index (χ3v) is 2.86. The van der Waals surface area contributed by atoms with Gasteiger partial charge >= 0.3 is 0 Å². The predicted octanol–water partition coefficient (Wildman–Crippen LogP) is 2.90. The molecule has 1 aromatic rings. The van der Waals surface area contributed by atoms with Gasteiger partial charge in [-0.05, 0) is 28.8 Å². The summed E-state index contributed by atoms with van der Waals surface area (Å²) >= 11 is 2.84. The van der Waals surface area contributed by atoms with Crippen LogP contribution < -0.4 is 5.32 Å². The summed E-state index contributed by atoms with van der Waals surface area (Å²) in [5.74, 6) is 0.225. The number of halogens is 1. The van der Waals surface area contributed by atoms with Gasteiger partial charge in [-0.15, -0.1) is 0 Å². The first-order chi connectivity index (χ1) is 8.20. The van der Waals surface area contributed by atoms with E-state index in [1.807, 2.05) is 18.2 Å². The molecule has 4 heteroatoms. The summed E-state index contributed by atoms with van der Waals surface area (Å²) in [4.78, 5) is 21.1. The number of carbonyl (C=O) groups is 2. The molecule has 0 aliphatic carbocycles. The molecule has 0 saturated carbocycles. The topological polar surface area (TPSA) is 46.2 Å². The van der Waals surface area contributed by atoms with E-state index in [-0.39, 0.29) is 10.6 Å². The van der Waals surface area contributed by atoms with Crippen LogP contribution in [0.25, 0.3) is 0 Å². The smallest absolute Gasteiger partial charge is 0.228 e. The second kappa shape index (κ2) is 8.01. The Balaban J connectivity index is 0.000000171. The van der Waals surface area contributed by atoms with Crippen molar-refractivity contribution >= 4 is 26.5 Å².